The van der Waals surface area contributed by atoms with E-state index in [4.69, 9.17) is 9.72 Å². The number of ether oxygens (including phenoxy) is 1. The minimum atomic E-state index is -0.105. The fraction of sp³-hybridized carbons (Fsp3) is 0.130. The van der Waals surface area contributed by atoms with Gasteiger partial charge in [-0.2, -0.15) is 12.7 Å². The van der Waals surface area contributed by atoms with Crippen molar-refractivity contribution in [1.82, 2.24) is 14.1 Å². The van der Waals surface area contributed by atoms with E-state index in [1.807, 2.05) is 12.3 Å². The fourth-order valence-corrected chi connectivity index (χ4v) is 7.78. The Morgan fingerprint density at radius 1 is 0.642 bits per heavy atom. The van der Waals surface area contributed by atoms with Crippen molar-refractivity contribution in [3.8, 4) is 17.3 Å². The molecule has 0 atom stereocenters. The first-order valence-electron chi connectivity index (χ1n) is 17.7. The predicted molar refractivity (Wildman–Crippen MR) is 214 cm³/mol. The molecular weight excluding hydrogens is 834 g/mol. The second kappa shape index (κ2) is 12.2. The summed E-state index contributed by atoms with van der Waals surface area (Å²) in [6.45, 7) is 8.78. The van der Waals surface area contributed by atoms with Gasteiger partial charge in [0.25, 0.3) is 0 Å². The molecule has 6 aromatic carbocycles. The zero-order chi connectivity index (χ0) is 35.3. The maximum Gasteiger partial charge on any atom is 0.137 e. The van der Waals surface area contributed by atoms with Gasteiger partial charge in [-0.3, -0.25) is 0 Å². The summed E-state index contributed by atoms with van der Waals surface area (Å²) in [5.41, 5.74) is 8.53. The van der Waals surface area contributed by atoms with E-state index < -0.39 is 0 Å². The van der Waals surface area contributed by atoms with Crippen LogP contribution in [-0.2, 0) is 33.5 Å². The first-order valence-corrected chi connectivity index (χ1v) is 17.7. The van der Waals surface area contributed by atoms with Crippen LogP contribution in [0.4, 0.5) is 17.1 Å². The second-order valence-electron chi connectivity index (χ2n) is 14.8. The number of hydrogen-bond acceptors (Lipinski definition) is 4. The quantitative estimate of drug-likeness (QED) is 0.165. The molecule has 7 heteroatoms. The molecule has 0 N–H and O–H groups in total. The summed E-state index contributed by atoms with van der Waals surface area (Å²) in [5.74, 6) is 2.09. The van der Waals surface area contributed by atoms with Crippen LogP contribution in [0.3, 0.4) is 0 Å². The standard InChI is InChI=1S/C46H36N5O.Pt/c1-46(2,3)31-22-32(50-28-48(4)40-16-10-11-17-41(40)50)24-34(23-31)52-33-18-19-36-35-14-8-9-15-39(35)51(44(36)25-33)45-26-43-38(27-47-45)37-20-29-12-6-7-13-30(29)21-42(37)49(43)5;/h6-23,26-28H,1-5H3;/q-3;. The molecule has 0 unspecified atom stereocenters. The predicted octanol–water partition coefficient (Wildman–Crippen LogP) is 11.4. The molecule has 0 aliphatic carbocycles. The zero-order valence-electron chi connectivity index (χ0n) is 30.1. The third-order valence-corrected chi connectivity index (χ3v) is 10.5. The van der Waals surface area contributed by atoms with Crippen molar-refractivity contribution in [3.63, 3.8) is 0 Å². The van der Waals surface area contributed by atoms with Crippen LogP contribution in [0.15, 0.2) is 121 Å². The average Bonchev–Trinajstić information content (AvgIpc) is 3.76. The number of aromatic nitrogens is 3. The molecule has 0 radical (unpaired) electrons. The van der Waals surface area contributed by atoms with Gasteiger partial charge in [0.05, 0.1) is 5.52 Å². The molecule has 1 aliphatic heterocycles. The third-order valence-electron chi connectivity index (χ3n) is 10.5. The van der Waals surface area contributed by atoms with Crippen molar-refractivity contribution in [2.75, 3.05) is 16.8 Å². The molecule has 1 aliphatic rings. The zero-order valence-corrected chi connectivity index (χ0v) is 32.4. The molecule has 0 saturated carbocycles. The monoisotopic (exact) mass is 869 g/mol. The Hall–Kier alpha value is -5.58. The van der Waals surface area contributed by atoms with Crippen LogP contribution >= 0.6 is 0 Å². The Balaban J connectivity index is 0.00000372. The Morgan fingerprint density at radius 3 is 2.17 bits per heavy atom. The Labute approximate surface area is 323 Å². The number of benzene rings is 6. The number of fused-ring (bicyclic) bond motifs is 8. The van der Waals surface area contributed by atoms with E-state index in [-0.39, 0.29) is 26.5 Å². The van der Waals surface area contributed by atoms with Crippen LogP contribution in [0.25, 0.3) is 60.2 Å². The molecule has 6 nitrogen and oxygen atoms in total. The summed E-state index contributed by atoms with van der Waals surface area (Å²) in [5, 5.41) is 7.02. The number of hydrogen-bond donors (Lipinski definition) is 0. The van der Waals surface area contributed by atoms with Crippen molar-refractivity contribution in [2.45, 2.75) is 26.2 Å². The Bertz CT molecular complexity index is 2900. The molecule has 3 aromatic heterocycles. The molecule has 53 heavy (non-hydrogen) atoms. The van der Waals surface area contributed by atoms with E-state index in [9.17, 15) is 0 Å². The van der Waals surface area contributed by atoms with E-state index in [1.165, 1.54) is 21.7 Å². The van der Waals surface area contributed by atoms with E-state index in [2.05, 4.69) is 182 Å². The normalized spacial score (nSPS) is 13.1. The van der Waals surface area contributed by atoms with Gasteiger partial charge < -0.3 is 23.7 Å². The van der Waals surface area contributed by atoms with Crippen molar-refractivity contribution in [3.05, 3.63) is 146 Å². The van der Waals surface area contributed by atoms with Gasteiger partial charge in [0, 0.05) is 85.1 Å². The Morgan fingerprint density at radius 2 is 1.36 bits per heavy atom. The Kier molecular flexibility index (Phi) is 7.69. The van der Waals surface area contributed by atoms with Crippen molar-refractivity contribution >= 4 is 71.4 Å². The van der Waals surface area contributed by atoms with Crippen LogP contribution in [0.1, 0.15) is 26.3 Å². The number of para-hydroxylation sites is 3. The van der Waals surface area contributed by atoms with Crippen LogP contribution in [0, 0.1) is 18.8 Å². The van der Waals surface area contributed by atoms with Crippen molar-refractivity contribution < 1.29 is 25.8 Å². The number of rotatable bonds is 4. The van der Waals surface area contributed by atoms with Gasteiger partial charge in [-0.25, -0.2) is 4.98 Å². The smallest absolute Gasteiger partial charge is 0.137 e. The SMILES string of the molecule is CN1[CH-]N(c2[c-]c(Oc3[c-]c4c(cc3)c3ccccc3n4-c3cc4c(cn3)c3cc5ccccc5cc3n4C)cc(C(C)(C)C)c2)c2ccccc21.[Pt]. The molecule has 0 spiro atoms. The minimum Gasteiger partial charge on any atom is -0.509 e. The van der Waals surface area contributed by atoms with Gasteiger partial charge in [0.15, 0.2) is 0 Å². The van der Waals surface area contributed by atoms with Crippen LogP contribution in [-0.4, -0.2) is 21.2 Å². The first kappa shape index (κ1) is 33.3. The molecule has 10 rings (SSSR count). The van der Waals surface area contributed by atoms with Gasteiger partial charge in [-0.1, -0.05) is 80.9 Å². The number of aryl methyl sites for hydroxylation is 1. The van der Waals surface area contributed by atoms with E-state index >= 15 is 0 Å². The van der Waals surface area contributed by atoms with Gasteiger partial charge >= 0.3 is 0 Å². The summed E-state index contributed by atoms with van der Waals surface area (Å²) < 4.78 is 11.2. The van der Waals surface area contributed by atoms with Gasteiger partial charge in [-0.15, -0.1) is 47.0 Å². The first-order chi connectivity index (χ1) is 25.2. The molecule has 0 saturated heterocycles. The van der Waals surface area contributed by atoms with E-state index in [0.29, 0.717) is 11.5 Å². The summed E-state index contributed by atoms with van der Waals surface area (Å²) in [4.78, 5) is 9.41. The summed E-state index contributed by atoms with van der Waals surface area (Å²) in [6.07, 6.45) is 2.02. The molecule has 264 valence electrons. The van der Waals surface area contributed by atoms with Gasteiger partial charge in [0.2, 0.25) is 0 Å². The summed E-state index contributed by atoms with van der Waals surface area (Å²) >= 11 is 0. The average molecular weight is 870 g/mol. The van der Waals surface area contributed by atoms with Crippen LogP contribution in [0.5, 0.6) is 11.5 Å². The van der Waals surface area contributed by atoms with Crippen LogP contribution in [0.2, 0.25) is 0 Å². The number of pyridine rings is 1. The van der Waals surface area contributed by atoms with E-state index in [0.717, 1.165) is 61.2 Å². The molecule has 0 bridgehead atoms. The van der Waals surface area contributed by atoms with Gasteiger partial charge in [-0.05, 0) is 59.0 Å². The number of anilines is 3. The number of nitrogens with zero attached hydrogens (tertiary/aromatic N) is 5. The fourth-order valence-electron chi connectivity index (χ4n) is 7.78. The van der Waals surface area contributed by atoms with Crippen LogP contribution < -0.4 is 14.5 Å². The largest absolute Gasteiger partial charge is 0.509 e. The maximum absolute atomic E-state index is 6.69. The molecule has 4 heterocycles. The van der Waals surface area contributed by atoms with E-state index in [1.54, 1.807) is 0 Å². The van der Waals surface area contributed by atoms with Crippen molar-refractivity contribution in [1.29, 1.82) is 0 Å². The summed E-state index contributed by atoms with van der Waals surface area (Å²) in [6, 6.07) is 47.9. The topological polar surface area (TPSA) is 38.5 Å². The summed E-state index contributed by atoms with van der Waals surface area (Å²) in [7, 11) is 4.21. The molecule has 0 fully saturated rings. The second-order valence-corrected chi connectivity index (χ2v) is 14.8. The van der Waals surface area contributed by atoms with Crippen molar-refractivity contribution in [2.24, 2.45) is 7.05 Å². The minimum absolute atomic E-state index is 0. The third kappa shape index (κ3) is 5.30. The van der Waals surface area contributed by atoms with Gasteiger partial charge in [0.1, 0.15) is 5.82 Å². The molecular formula is C46H36N5OPt-3. The molecule has 0 amide bonds. The maximum atomic E-state index is 6.69. The molecule has 9 aromatic rings.